The number of nitrogens with two attached hydrogens (primary N) is 3. The number of hydrogen-bond acceptors (Lipinski definition) is 6. The Morgan fingerprint density at radius 2 is 1.76 bits per heavy atom. The third-order valence-corrected chi connectivity index (χ3v) is 4.72. The first-order chi connectivity index (χ1) is 15.8. The van der Waals surface area contributed by atoms with Crippen molar-refractivity contribution in [2.24, 2.45) is 22.2 Å². The van der Waals surface area contributed by atoms with E-state index >= 15 is 0 Å². The van der Waals surface area contributed by atoms with Crippen LogP contribution in [0, 0.1) is 0 Å². The number of amides is 3. The van der Waals surface area contributed by atoms with Crippen LogP contribution in [-0.2, 0) is 16.0 Å². The molecule has 0 saturated carbocycles. The van der Waals surface area contributed by atoms with Crippen LogP contribution in [0.15, 0.2) is 53.7 Å². The molecule has 1 aromatic heterocycles. The molecule has 0 aliphatic heterocycles. The average Bonchev–Trinajstić information content (AvgIpc) is 2.80. The molecule has 0 fully saturated rings. The van der Waals surface area contributed by atoms with Crippen molar-refractivity contribution in [2.45, 2.75) is 31.3 Å². The molecule has 0 spiro atoms. The van der Waals surface area contributed by atoms with Gasteiger partial charge in [0.05, 0.1) is 12.7 Å². The van der Waals surface area contributed by atoms with Gasteiger partial charge in [0.2, 0.25) is 17.7 Å². The Labute approximate surface area is 191 Å². The van der Waals surface area contributed by atoms with Gasteiger partial charge in [-0.1, -0.05) is 30.3 Å². The zero-order chi connectivity index (χ0) is 24.2. The largest absolute Gasteiger partial charge is 0.481 e. The summed E-state index contributed by atoms with van der Waals surface area (Å²) >= 11 is 0. The molecule has 2 aromatic rings. The van der Waals surface area contributed by atoms with Crippen molar-refractivity contribution in [3.8, 4) is 5.88 Å². The van der Waals surface area contributed by atoms with E-state index in [1.807, 2.05) is 30.3 Å². The first-order valence-electron chi connectivity index (χ1n) is 10.3. The van der Waals surface area contributed by atoms with E-state index in [0.29, 0.717) is 12.3 Å². The molecule has 2 rings (SSSR count). The van der Waals surface area contributed by atoms with E-state index in [1.165, 1.54) is 25.4 Å². The van der Waals surface area contributed by atoms with Crippen LogP contribution in [0.4, 0.5) is 0 Å². The quantitative estimate of drug-likeness (QED) is 0.161. The summed E-state index contributed by atoms with van der Waals surface area (Å²) in [6.45, 7) is 0.273. The number of benzene rings is 1. The van der Waals surface area contributed by atoms with Crippen LogP contribution in [-0.4, -0.2) is 54.4 Å². The maximum Gasteiger partial charge on any atom is 0.253 e. The number of rotatable bonds is 12. The minimum Gasteiger partial charge on any atom is -0.481 e. The second kappa shape index (κ2) is 12.6. The van der Waals surface area contributed by atoms with Crippen molar-refractivity contribution >= 4 is 23.7 Å². The lowest BCUT2D eigenvalue weighted by atomic mass is 10.0. The molecule has 8 N–H and O–H groups in total. The van der Waals surface area contributed by atoms with Crippen molar-refractivity contribution in [1.82, 2.24) is 15.6 Å². The van der Waals surface area contributed by atoms with Crippen molar-refractivity contribution in [2.75, 3.05) is 13.7 Å². The SMILES string of the molecule is COc1ccc(C(=O)N[C@@H](CCCN=C(N)N)C(=O)N[C@@H](Cc2ccccc2)C(N)=O)cn1. The maximum atomic E-state index is 13.0. The molecule has 11 heteroatoms. The van der Waals surface area contributed by atoms with Gasteiger partial charge in [-0.3, -0.25) is 19.4 Å². The van der Waals surface area contributed by atoms with Crippen LogP contribution in [0.2, 0.25) is 0 Å². The molecule has 0 unspecified atom stereocenters. The summed E-state index contributed by atoms with van der Waals surface area (Å²) in [6, 6.07) is 10.3. The summed E-state index contributed by atoms with van der Waals surface area (Å²) in [5.41, 5.74) is 17.2. The standard InChI is InChI=1S/C22H29N7O4/c1-33-18-10-9-15(13-27-18)20(31)28-16(8-5-11-26-22(24)25)21(32)29-17(19(23)30)12-14-6-3-2-4-7-14/h2-4,6-7,9-10,13,16-17H,5,8,11-12H2,1H3,(H2,23,30)(H,28,31)(H,29,32)(H4,24,25,26)/t16-,17-/m0/s1. The number of ether oxygens (including phenoxy) is 1. The summed E-state index contributed by atoms with van der Waals surface area (Å²) in [5.74, 6) is -1.46. The molecule has 2 atom stereocenters. The van der Waals surface area contributed by atoms with Crippen molar-refractivity contribution in [1.29, 1.82) is 0 Å². The van der Waals surface area contributed by atoms with Gasteiger partial charge in [0, 0.05) is 25.2 Å². The number of methoxy groups -OCH3 is 1. The monoisotopic (exact) mass is 455 g/mol. The third-order valence-electron chi connectivity index (χ3n) is 4.72. The fourth-order valence-corrected chi connectivity index (χ4v) is 2.99. The highest BCUT2D eigenvalue weighted by molar-refractivity contribution is 5.98. The molecule has 11 nitrogen and oxygen atoms in total. The third kappa shape index (κ3) is 8.48. The van der Waals surface area contributed by atoms with Gasteiger partial charge in [-0.15, -0.1) is 0 Å². The molecule has 0 saturated heterocycles. The first kappa shape index (κ1) is 25.1. The topological polar surface area (TPSA) is 188 Å². The molecular formula is C22H29N7O4. The number of nitrogens with zero attached hydrogens (tertiary/aromatic N) is 2. The Hall–Kier alpha value is -4.15. The molecule has 1 aromatic carbocycles. The molecule has 176 valence electrons. The lowest BCUT2D eigenvalue weighted by Gasteiger charge is -2.22. The second-order valence-electron chi connectivity index (χ2n) is 7.22. The van der Waals surface area contributed by atoms with E-state index in [0.717, 1.165) is 5.56 Å². The fourth-order valence-electron chi connectivity index (χ4n) is 2.99. The number of carbonyl (C=O) groups excluding carboxylic acids is 3. The number of aliphatic imine (C=N–C) groups is 1. The smallest absolute Gasteiger partial charge is 0.253 e. The number of primary amides is 1. The number of guanidine groups is 1. The minimum absolute atomic E-state index is 0.0685. The number of pyridine rings is 1. The maximum absolute atomic E-state index is 13.0. The van der Waals surface area contributed by atoms with Gasteiger partial charge in [0.15, 0.2) is 5.96 Å². The van der Waals surface area contributed by atoms with Gasteiger partial charge in [-0.05, 0) is 24.5 Å². The van der Waals surface area contributed by atoms with Crippen LogP contribution in [0.5, 0.6) is 5.88 Å². The van der Waals surface area contributed by atoms with E-state index in [2.05, 4.69) is 20.6 Å². The predicted molar refractivity (Wildman–Crippen MR) is 123 cm³/mol. The number of carbonyl (C=O) groups is 3. The lowest BCUT2D eigenvalue weighted by molar-refractivity contribution is -0.128. The van der Waals surface area contributed by atoms with Gasteiger partial charge >= 0.3 is 0 Å². The summed E-state index contributed by atoms with van der Waals surface area (Å²) in [6.07, 6.45) is 2.20. The van der Waals surface area contributed by atoms with Crippen LogP contribution < -0.4 is 32.6 Å². The Balaban J connectivity index is 2.12. The van der Waals surface area contributed by atoms with Crippen LogP contribution in [0.25, 0.3) is 0 Å². The Morgan fingerprint density at radius 1 is 1.03 bits per heavy atom. The highest BCUT2D eigenvalue weighted by atomic mass is 16.5. The van der Waals surface area contributed by atoms with E-state index in [1.54, 1.807) is 0 Å². The van der Waals surface area contributed by atoms with Gasteiger partial charge in [-0.2, -0.15) is 0 Å². The number of aromatic nitrogens is 1. The highest BCUT2D eigenvalue weighted by Crippen LogP contribution is 2.09. The van der Waals surface area contributed by atoms with E-state index in [9.17, 15) is 14.4 Å². The van der Waals surface area contributed by atoms with Crippen LogP contribution >= 0.6 is 0 Å². The Bertz CT molecular complexity index is 960. The summed E-state index contributed by atoms with van der Waals surface area (Å²) in [5, 5.41) is 5.31. The molecule has 0 aliphatic rings. The fraction of sp³-hybridized carbons (Fsp3) is 0.318. The van der Waals surface area contributed by atoms with E-state index < -0.39 is 29.8 Å². The first-order valence-corrected chi connectivity index (χ1v) is 10.3. The molecule has 0 radical (unpaired) electrons. The Morgan fingerprint density at radius 3 is 2.33 bits per heavy atom. The van der Waals surface area contributed by atoms with E-state index in [4.69, 9.17) is 21.9 Å². The van der Waals surface area contributed by atoms with Crippen molar-refractivity contribution < 1.29 is 19.1 Å². The average molecular weight is 456 g/mol. The zero-order valence-corrected chi connectivity index (χ0v) is 18.4. The van der Waals surface area contributed by atoms with E-state index in [-0.39, 0.29) is 30.9 Å². The second-order valence-corrected chi connectivity index (χ2v) is 7.22. The summed E-state index contributed by atoms with van der Waals surface area (Å²) in [4.78, 5) is 45.5. The summed E-state index contributed by atoms with van der Waals surface area (Å²) < 4.78 is 4.98. The number of hydrogen-bond donors (Lipinski definition) is 5. The van der Waals surface area contributed by atoms with Crippen molar-refractivity contribution in [3.63, 3.8) is 0 Å². The van der Waals surface area contributed by atoms with Crippen molar-refractivity contribution in [3.05, 3.63) is 59.8 Å². The lowest BCUT2D eigenvalue weighted by Crippen LogP contribution is -2.53. The molecular weight excluding hydrogens is 426 g/mol. The Kier molecular flexibility index (Phi) is 9.62. The molecule has 33 heavy (non-hydrogen) atoms. The predicted octanol–water partition coefficient (Wildman–Crippen LogP) is -0.545. The molecule has 3 amide bonds. The van der Waals surface area contributed by atoms with Gasteiger partial charge in [0.1, 0.15) is 12.1 Å². The minimum atomic E-state index is -0.952. The molecule has 1 heterocycles. The van der Waals surface area contributed by atoms with Gasteiger partial charge < -0.3 is 32.6 Å². The van der Waals surface area contributed by atoms with Gasteiger partial charge in [-0.25, -0.2) is 4.98 Å². The summed E-state index contributed by atoms with van der Waals surface area (Å²) in [7, 11) is 1.46. The van der Waals surface area contributed by atoms with Crippen LogP contribution in [0.3, 0.4) is 0 Å². The highest BCUT2D eigenvalue weighted by Gasteiger charge is 2.26. The zero-order valence-electron chi connectivity index (χ0n) is 18.4. The van der Waals surface area contributed by atoms with Gasteiger partial charge in [0.25, 0.3) is 5.91 Å². The normalized spacial score (nSPS) is 12.2. The molecule has 0 bridgehead atoms. The van der Waals surface area contributed by atoms with Crippen LogP contribution in [0.1, 0.15) is 28.8 Å². The molecule has 0 aliphatic carbocycles. The number of nitrogens with one attached hydrogen (secondary N) is 2.